The molecule has 0 bridgehead atoms. The Balaban J connectivity index is 1.17. The van der Waals surface area contributed by atoms with Crippen molar-refractivity contribution in [3.63, 3.8) is 0 Å². The molecule has 0 spiro atoms. The summed E-state index contributed by atoms with van der Waals surface area (Å²) in [6.45, 7) is 4.42. The maximum absolute atomic E-state index is 14.2. The Morgan fingerprint density at radius 1 is 1.10 bits per heavy atom. The molecule has 2 atom stereocenters. The number of alkyl halides is 1. The van der Waals surface area contributed by atoms with Crippen LogP contribution in [0.25, 0.3) is 11.1 Å². The van der Waals surface area contributed by atoms with Gasteiger partial charge in [-0.1, -0.05) is 35.9 Å². The lowest BCUT2D eigenvalue weighted by atomic mass is 9.98. The predicted octanol–water partition coefficient (Wildman–Crippen LogP) is 5.16. The van der Waals surface area contributed by atoms with Crippen molar-refractivity contribution in [1.82, 2.24) is 24.8 Å². The third-order valence-corrected chi connectivity index (χ3v) is 9.41. The molecular weight excluding hydrogens is 637 g/mol. The summed E-state index contributed by atoms with van der Waals surface area (Å²) in [6.07, 6.45) is 1.88. The number of hydrogen-bond acceptors (Lipinski definition) is 8. The molecule has 1 saturated heterocycles. The van der Waals surface area contributed by atoms with Crippen molar-refractivity contribution >= 4 is 34.8 Å². The number of likely N-dealkylation sites (N-methyl/N-ethyl adjacent to an activating group) is 1. The van der Waals surface area contributed by atoms with Crippen LogP contribution in [0.2, 0.25) is 5.02 Å². The third kappa shape index (κ3) is 6.93. The fourth-order valence-corrected chi connectivity index (χ4v) is 6.49. The van der Waals surface area contributed by atoms with Crippen LogP contribution in [0, 0.1) is 6.92 Å². The number of aromatic nitrogens is 3. The number of ether oxygens (including phenoxy) is 2. The molecule has 6 rings (SSSR count). The molecule has 1 fully saturated rings. The minimum Gasteiger partial charge on any atom is -0.496 e. The van der Waals surface area contributed by atoms with Gasteiger partial charge in [0.25, 0.3) is 11.8 Å². The highest BCUT2D eigenvalue weighted by Crippen LogP contribution is 2.38. The Labute approximate surface area is 283 Å². The number of methoxy groups -OCH3 is 1. The monoisotopic (exact) mass is 675 g/mol. The molecule has 0 aliphatic carbocycles. The van der Waals surface area contributed by atoms with E-state index in [1.165, 1.54) is 7.11 Å². The van der Waals surface area contributed by atoms with Crippen molar-refractivity contribution in [1.29, 1.82) is 0 Å². The standard InChI is InChI=1S/C35H39ClFN7O4/c1-20-22(23-8-6-10-27(32(23)36)42-35(46)33-40-29-18-43(2)13-11-30(29)44(33)3)7-5-9-25(20)41-34(45)28-15-31(47-4)21(17-39-28)16-38-26-12-14-48-19-24(26)37/h5-10,15,17,24,26,38H,11-14,16,18-19H2,1-4H3,(H,41,45)(H,42,46)/t24-,26+/m1/s1. The van der Waals surface area contributed by atoms with E-state index in [1.54, 1.807) is 24.4 Å². The first-order valence-corrected chi connectivity index (χ1v) is 16.2. The summed E-state index contributed by atoms with van der Waals surface area (Å²) in [5.41, 5.74) is 6.15. The van der Waals surface area contributed by atoms with Crippen LogP contribution in [0.5, 0.6) is 5.75 Å². The Bertz CT molecular complexity index is 1850. The molecule has 13 heteroatoms. The topological polar surface area (TPSA) is 123 Å². The predicted molar refractivity (Wildman–Crippen MR) is 183 cm³/mol. The number of anilines is 2. The lowest BCUT2D eigenvalue weighted by molar-refractivity contribution is 0.0135. The van der Waals surface area contributed by atoms with Crippen LogP contribution in [0.1, 0.15) is 50.0 Å². The van der Waals surface area contributed by atoms with Crippen LogP contribution in [0.3, 0.4) is 0 Å². The van der Waals surface area contributed by atoms with Gasteiger partial charge in [0.15, 0.2) is 5.82 Å². The summed E-state index contributed by atoms with van der Waals surface area (Å²) in [5.74, 6) is 0.0443. The Morgan fingerprint density at radius 2 is 1.85 bits per heavy atom. The lowest BCUT2D eigenvalue weighted by Gasteiger charge is -2.27. The number of amides is 2. The number of nitrogens with zero attached hydrogens (tertiary/aromatic N) is 4. The van der Waals surface area contributed by atoms with Crippen LogP contribution in [-0.4, -0.2) is 77.4 Å². The summed E-state index contributed by atoms with van der Waals surface area (Å²) in [4.78, 5) is 37.9. The van der Waals surface area contributed by atoms with Crippen LogP contribution >= 0.6 is 11.6 Å². The van der Waals surface area contributed by atoms with Crippen LogP contribution in [-0.2, 0) is 31.3 Å². The summed E-state index contributed by atoms with van der Waals surface area (Å²) >= 11 is 6.90. The average Bonchev–Trinajstić information content (AvgIpc) is 3.41. The van der Waals surface area contributed by atoms with E-state index >= 15 is 0 Å². The summed E-state index contributed by atoms with van der Waals surface area (Å²) in [7, 11) is 5.42. The maximum Gasteiger partial charge on any atom is 0.291 e. The van der Waals surface area contributed by atoms with Crippen molar-refractivity contribution in [3.05, 3.63) is 87.7 Å². The Kier molecular flexibility index (Phi) is 10.1. The number of carbonyl (C=O) groups is 2. The van der Waals surface area contributed by atoms with E-state index < -0.39 is 12.1 Å². The second kappa shape index (κ2) is 14.4. The highest BCUT2D eigenvalue weighted by atomic mass is 35.5. The first-order valence-electron chi connectivity index (χ1n) is 15.9. The fourth-order valence-electron chi connectivity index (χ4n) is 6.21. The molecule has 4 aromatic rings. The van der Waals surface area contributed by atoms with E-state index in [0.717, 1.165) is 35.5 Å². The Hall–Kier alpha value is -4.36. The van der Waals surface area contributed by atoms with Crippen molar-refractivity contribution in [2.24, 2.45) is 7.05 Å². The Morgan fingerprint density at radius 3 is 2.62 bits per heavy atom. The van der Waals surface area contributed by atoms with Gasteiger partial charge >= 0.3 is 0 Å². The van der Waals surface area contributed by atoms with Gasteiger partial charge in [0, 0.05) is 80.5 Å². The van der Waals surface area contributed by atoms with E-state index in [-0.39, 0.29) is 24.2 Å². The van der Waals surface area contributed by atoms with Crippen molar-refractivity contribution in [2.75, 3.05) is 44.5 Å². The maximum atomic E-state index is 14.2. The first kappa shape index (κ1) is 33.5. The normalized spacial score (nSPS) is 17.9. The number of pyridine rings is 1. The van der Waals surface area contributed by atoms with E-state index in [2.05, 4.69) is 30.8 Å². The average molecular weight is 676 g/mol. The van der Waals surface area contributed by atoms with Gasteiger partial charge in [0.1, 0.15) is 17.6 Å². The van der Waals surface area contributed by atoms with E-state index in [9.17, 15) is 14.0 Å². The quantitative estimate of drug-likeness (QED) is 0.222. The van der Waals surface area contributed by atoms with E-state index in [4.69, 9.17) is 21.1 Å². The molecule has 0 saturated carbocycles. The van der Waals surface area contributed by atoms with Crippen LogP contribution < -0.4 is 20.7 Å². The molecular formula is C35H39ClFN7O4. The zero-order valence-electron chi connectivity index (χ0n) is 27.4. The molecule has 0 radical (unpaired) electrons. The van der Waals surface area contributed by atoms with Gasteiger partial charge in [0.05, 0.1) is 30.1 Å². The van der Waals surface area contributed by atoms with Crippen LogP contribution in [0.15, 0.2) is 48.7 Å². The first-order chi connectivity index (χ1) is 23.1. The lowest BCUT2D eigenvalue weighted by Crippen LogP contribution is -2.43. The van der Waals surface area contributed by atoms with Crippen molar-refractivity contribution in [3.8, 4) is 16.9 Å². The number of halogens is 2. The molecule has 2 aliphatic heterocycles. The van der Waals surface area contributed by atoms with Gasteiger partial charge in [0.2, 0.25) is 0 Å². The van der Waals surface area contributed by atoms with Crippen LogP contribution in [0.4, 0.5) is 15.8 Å². The zero-order valence-corrected chi connectivity index (χ0v) is 28.2. The number of nitrogens with one attached hydrogen (secondary N) is 3. The fraction of sp³-hybridized carbons (Fsp3) is 0.371. The molecule has 11 nitrogen and oxygen atoms in total. The third-order valence-electron chi connectivity index (χ3n) is 9.01. The number of hydrogen-bond donors (Lipinski definition) is 3. The molecule has 3 N–H and O–H groups in total. The highest BCUT2D eigenvalue weighted by molar-refractivity contribution is 6.36. The van der Waals surface area contributed by atoms with Gasteiger partial charge in [-0.05, 0) is 43.7 Å². The number of benzene rings is 2. The van der Waals surface area contributed by atoms with Gasteiger partial charge in [-0.25, -0.2) is 9.37 Å². The molecule has 2 aromatic carbocycles. The molecule has 48 heavy (non-hydrogen) atoms. The summed E-state index contributed by atoms with van der Waals surface area (Å²) in [6, 6.07) is 12.2. The van der Waals surface area contributed by atoms with Gasteiger partial charge in [-0.2, -0.15) is 0 Å². The largest absolute Gasteiger partial charge is 0.496 e. The number of fused-ring (bicyclic) bond motifs is 1. The second-order valence-electron chi connectivity index (χ2n) is 12.2. The number of carbonyl (C=O) groups excluding carboxylic acids is 2. The smallest absolute Gasteiger partial charge is 0.291 e. The molecule has 252 valence electrons. The molecule has 2 aliphatic rings. The summed E-state index contributed by atoms with van der Waals surface area (Å²) < 4.78 is 26.7. The zero-order chi connectivity index (χ0) is 33.9. The molecule has 0 unspecified atom stereocenters. The molecule has 2 amide bonds. The number of rotatable bonds is 9. The van der Waals surface area contributed by atoms with Crippen molar-refractivity contribution < 1.29 is 23.5 Å². The van der Waals surface area contributed by atoms with E-state index in [1.807, 2.05) is 49.9 Å². The van der Waals surface area contributed by atoms with Crippen molar-refractivity contribution in [2.45, 2.75) is 45.1 Å². The highest BCUT2D eigenvalue weighted by Gasteiger charge is 2.26. The molecule has 2 aromatic heterocycles. The van der Waals surface area contributed by atoms with Gasteiger partial charge < -0.3 is 34.9 Å². The molecule has 4 heterocycles. The summed E-state index contributed by atoms with van der Waals surface area (Å²) in [5, 5.41) is 9.47. The van der Waals surface area contributed by atoms with E-state index in [0.29, 0.717) is 65.2 Å². The minimum absolute atomic E-state index is 0.0760. The van der Waals surface area contributed by atoms with Gasteiger partial charge in [-0.15, -0.1) is 0 Å². The minimum atomic E-state index is -1.09. The SMILES string of the molecule is COc1cc(C(=O)Nc2cccc(-c3cccc(NC(=O)c4nc5c(n4C)CCN(C)C5)c3Cl)c2C)ncc1CN[C@H]1CCOC[C@H]1F. The van der Waals surface area contributed by atoms with Gasteiger partial charge in [-0.3, -0.25) is 14.6 Å². The second-order valence-corrected chi connectivity index (χ2v) is 12.6. The number of imidazole rings is 1.